The minimum Gasteiger partial charge on any atom is -0.397 e. The van der Waals surface area contributed by atoms with Crippen molar-refractivity contribution in [3.8, 4) is 0 Å². The lowest BCUT2D eigenvalue weighted by Crippen LogP contribution is -2.31. The summed E-state index contributed by atoms with van der Waals surface area (Å²) in [6, 6.07) is 3.98. The first kappa shape index (κ1) is 14.3. The molecule has 2 rings (SSSR count). The molecule has 0 amide bonds. The zero-order chi connectivity index (χ0) is 14.7. The van der Waals surface area contributed by atoms with Gasteiger partial charge in [0.2, 0.25) is 0 Å². The Bertz CT molecular complexity index is 650. The van der Waals surface area contributed by atoms with E-state index in [1.165, 1.54) is 6.33 Å². The van der Waals surface area contributed by atoms with E-state index in [1.807, 2.05) is 6.07 Å². The highest BCUT2D eigenvalue weighted by atomic mass is 16.1. The molecule has 0 saturated heterocycles. The Kier molecular flexibility index (Phi) is 4.24. The summed E-state index contributed by atoms with van der Waals surface area (Å²) < 4.78 is 0. The van der Waals surface area contributed by atoms with Crippen molar-refractivity contribution < 1.29 is 0 Å². The van der Waals surface area contributed by atoms with Gasteiger partial charge in [0.15, 0.2) is 0 Å². The summed E-state index contributed by atoms with van der Waals surface area (Å²) in [5, 5.41) is 3.80. The van der Waals surface area contributed by atoms with Crippen molar-refractivity contribution in [1.82, 2.24) is 14.9 Å². The topological polar surface area (TPSA) is 87.0 Å². The number of nitrogens with zero attached hydrogens (tertiary/aromatic N) is 2. The number of anilines is 2. The highest BCUT2D eigenvalue weighted by Crippen LogP contribution is 2.22. The SMILES string of the molecule is CC(C)N(C)CCNc1cc2nc[nH]c(=O)c2cc1N. The summed E-state index contributed by atoms with van der Waals surface area (Å²) in [5.41, 5.74) is 7.81. The summed E-state index contributed by atoms with van der Waals surface area (Å²) in [6.07, 6.45) is 1.40. The van der Waals surface area contributed by atoms with Gasteiger partial charge in [0.25, 0.3) is 5.56 Å². The van der Waals surface area contributed by atoms with Crippen LogP contribution in [0, 0.1) is 0 Å². The first-order valence-corrected chi connectivity index (χ1v) is 6.70. The third-order valence-electron chi connectivity index (χ3n) is 3.47. The highest BCUT2D eigenvalue weighted by molar-refractivity contribution is 5.88. The molecule has 1 heterocycles. The normalized spacial score (nSPS) is 11.4. The van der Waals surface area contributed by atoms with E-state index in [-0.39, 0.29) is 5.56 Å². The van der Waals surface area contributed by atoms with Crippen LogP contribution in [0.4, 0.5) is 11.4 Å². The van der Waals surface area contributed by atoms with Gasteiger partial charge in [0.1, 0.15) is 0 Å². The van der Waals surface area contributed by atoms with Crippen molar-refractivity contribution >= 4 is 22.3 Å². The van der Waals surface area contributed by atoms with Crippen LogP contribution >= 0.6 is 0 Å². The Balaban J connectivity index is 2.15. The first-order chi connectivity index (χ1) is 9.49. The lowest BCUT2D eigenvalue weighted by Gasteiger charge is -2.21. The number of hydrogen-bond donors (Lipinski definition) is 3. The number of fused-ring (bicyclic) bond motifs is 1. The standard InChI is InChI=1S/C14H21N5O/c1-9(2)19(3)5-4-16-13-7-12-10(6-11(13)15)14(20)18-8-17-12/h6-9,16H,4-5,15H2,1-3H3,(H,17,18,20). The number of nitrogens with two attached hydrogens (primary N) is 1. The van der Waals surface area contributed by atoms with Crippen LogP contribution in [0.5, 0.6) is 0 Å². The number of likely N-dealkylation sites (N-methyl/N-ethyl adjacent to an activating group) is 1. The maximum Gasteiger partial charge on any atom is 0.258 e. The largest absolute Gasteiger partial charge is 0.397 e. The van der Waals surface area contributed by atoms with E-state index in [0.717, 1.165) is 18.8 Å². The third-order valence-corrected chi connectivity index (χ3v) is 3.47. The van der Waals surface area contributed by atoms with E-state index in [4.69, 9.17) is 5.73 Å². The molecule has 1 aromatic heterocycles. The lowest BCUT2D eigenvalue weighted by atomic mass is 10.2. The van der Waals surface area contributed by atoms with E-state index in [9.17, 15) is 4.79 Å². The number of hydrogen-bond acceptors (Lipinski definition) is 5. The molecule has 0 aliphatic carbocycles. The molecule has 0 atom stereocenters. The van der Waals surface area contributed by atoms with Crippen molar-refractivity contribution in [2.24, 2.45) is 0 Å². The molecule has 0 bridgehead atoms. The van der Waals surface area contributed by atoms with Crippen molar-refractivity contribution in [3.63, 3.8) is 0 Å². The van der Waals surface area contributed by atoms with Crippen molar-refractivity contribution in [3.05, 3.63) is 28.8 Å². The Morgan fingerprint density at radius 2 is 2.20 bits per heavy atom. The van der Waals surface area contributed by atoms with Crippen LogP contribution in [0.3, 0.4) is 0 Å². The number of nitrogens with one attached hydrogen (secondary N) is 2. The second kappa shape index (κ2) is 5.92. The van der Waals surface area contributed by atoms with Gasteiger partial charge in [0, 0.05) is 19.1 Å². The molecule has 6 heteroatoms. The van der Waals surface area contributed by atoms with Crippen LogP contribution in [-0.4, -0.2) is 41.0 Å². The van der Waals surface area contributed by atoms with E-state index < -0.39 is 0 Å². The average molecular weight is 275 g/mol. The van der Waals surface area contributed by atoms with Crippen molar-refractivity contribution in [1.29, 1.82) is 0 Å². The maximum absolute atomic E-state index is 11.6. The van der Waals surface area contributed by atoms with Gasteiger partial charge >= 0.3 is 0 Å². The second-order valence-corrected chi connectivity index (χ2v) is 5.19. The highest BCUT2D eigenvalue weighted by Gasteiger charge is 2.07. The molecule has 20 heavy (non-hydrogen) atoms. The minimum absolute atomic E-state index is 0.173. The van der Waals surface area contributed by atoms with Gasteiger partial charge < -0.3 is 20.9 Å². The Morgan fingerprint density at radius 3 is 2.90 bits per heavy atom. The smallest absolute Gasteiger partial charge is 0.258 e. The summed E-state index contributed by atoms with van der Waals surface area (Å²) in [5.74, 6) is 0. The predicted octanol–water partition coefficient (Wildman–Crippen LogP) is 1.26. The Hall–Kier alpha value is -2.08. The fourth-order valence-corrected chi connectivity index (χ4v) is 1.91. The van der Waals surface area contributed by atoms with Crippen LogP contribution in [0.2, 0.25) is 0 Å². The van der Waals surface area contributed by atoms with Gasteiger partial charge in [-0.25, -0.2) is 4.98 Å². The molecule has 0 fully saturated rings. The van der Waals surface area contributed by atoms with Crippen LogP contribution < -0.4 is 16.6 Å². The molecule has 0 unspecified atom stereocenters. The minimum atomic E-state index is -0.173. The Labute approximate surface area is 118 Å². The summed E-state index contributed by atoms with van der Waals surface area (Å²) in [6.45, 7) is 6.01. The average Bonchev–Trinajstić information content (AvgIpc) is 2.40. The van der Waals surface area contributed by atoms with Crippen LogP contribution in [-0.2, 0) is 0 Å². The summed E-state index contributed by atoms with van der Waals surface area (Å²) in [7, 11) is 2.08. The number of aromatic amines is 1. The quantitative estimate of drug-likeness (QED) is 0.715. The molecule has 2 aromatic rings. The number of nitrogen functional groups attached to an aromatic ring is 1. The molecule has 0 aliphatic rings. The number of rotatable bonds is 5. The molecule has 108 valence electrons. The number of H-pyrrole nitrogens is 1. The van der Waals surface area contributed by atoms with Gasteiger partial charge in [0.05, 0.1) is 28.6 Å². The first-order valence-electron chi connectivity index (χ1n) is 6.70. The third kappa shape index (κ3) is 3.08. The molecule has 0 saturated carbocycles. The van der Waals surface area contributed by atoms with E-state index in [0.29, 0.717) is 22.6 Å². The van der Waals surface area contributed by atoms with E-state index >= 15 is 0 Å². The lowest BCUT2D eigenvalue weighted by molar-refractivity contribution is 0.284. The van der Waals surface area contributed by atoms with Gasteiger partial charge in [-0.3, -0.25) is 4.79 Å². The van der Waals surface area contributed by atoms with E-state index in [1.54, 1.807) is 6.07 Å². The second-order valence-electron chi connectivity index (χ2n) is 5.19. The molecule has 0 aliphatic heterocycles. The van der Waals surface area contributed by atoms with Gasteiger partial charge in [-0.2, -0.15) is 0 Å². The number of benzene rings is 1. The zero-order valence-electron chi connectivity index (χ0n) is 12.1. The summed E-state index contributed by atoms with van der Waals surface area (Å²) in [4.78, 5) is 20.6. The number of aromatic nitrogens is 2. The zero-order valence-corrected chi connectivity index (χ0v) is 12.1. The Morgan fingerprint density at radius 1 is 1.45 bits per heavy atom. The van der Waals surface area contributed by atoms with Crippen LogP contribution in [0.15, 0.2) is 23.3 Å². The fraction of sp³-hybridized carbons (Fsp3) is 0.429. The monoisotopic (exact) mass is 275 g/mol. The molecule has 0 radical (unpaired) electrons. The molecule has 6 nitrogen and oxygen atoms in total. The van der Waals surface area contributed by atoms with Gasteiger partial charge in [-0.15, -0.1) is 0 Å². The fourth-order valence-electron chi connectivity index (χ4n) is 1.91. The summed E-state index contributed by atoms with van der Waals surface area (Å²) >= 11 is 0. The molecule has 0 spiro atoms. The molecular formula is C14H21N5O. The predicted molar refractivity (Wildman–Crippen MR) is 83.0 cm³/mol. The maximum atomic E-state index is 11.6. The molecular weight excluding hydrogens is 254 g/mol. The van der Waals surface area contributed by atoms with Crippen LogP contribution in [0.1, 0.15) is 13.8 Å². The van der Waals surface area contributed by atoms with Gasteiger partial charge in [-0.1, -0.05) is 0 Å². The van der Waals surface area contributed by atoms with Crippen molar-refractivity contribution in [2.45, 2.75) is 19.9 Å². The molecule has 1 aromatic carbocycles. The van der Waals surface area contributed by atoms with Gasteiger partial charge in [-0.05, 0) is 33.0 Å². The molecule has 4 N–H and O–H groups in total. The van der Waals surface area contributed by atoms with E-state index in [2.05, 4.69) is 41.1 Å². The van der Waals surface area contributed by atoms with Crippen molar-refractivity contribution in [2.75, 3.05) is 31.2 Å². The van der Waals surface area contributed by atoms with Crippen LogP contribution in [0.25, 0.3) is 10.9 Å².